The van der Waals surface area contributed by atoms with Gasteiger partial charge in [-0.2, -0.15) is 4.98 Å². The number of methoxy groups -OCH3 is 1. The van der Waals surface area contributed by atoms with Crippen molar-refractivity contribution in [1.29, 1.82) is 0 Å². The molecule has 1 saturated heterocycles. The van der Waals surface area contributed by atoms with Crippen LogP contribution in [0.15, 0.2) is 85.1 Å². The largest absolute Gasteiger partial charge is 0.495 e. The molecule has 43 heavy (non-hydrogen) atoms. The van der Waals surface area contributed by atoms with Gasteiger partial charge in [0.25, 0.3) is 5.91 Å². The predicted molar refractivity (Wildman–Crippen MR) is 159 cm³/mol. The van der Waals surface area contributed by atoms with Crippen molar-refractivity contribution in [3.05, 3.63) is 102 Å². The maximum atomic E-state index is 13.6. The maximum absolute atomic E-state index is 13.6. The van der Waals surface area contributed by atoms with Gasteiger partial charge in [-0.1, -0.05) is 24.3 Å². The lowest BCUT2D eigenvalue weighted by Gasteiger charge is -2.34. The van der Waals surface area contributed by atoms with Crippen LogP contribution in [0.25, 0.3) is 16.8 Å². The normalized spacial score (nSPS) is 13.8. The van der Waals surface area contributed by atoms with E-state index in [1.54, 1.807) is 41.8 Å². The molecular weight excluding hydrogens is 554 g/mol. The summed E-state index contributed by atoms with van der Waals surface area (Å²) in [6.45, 7) is 1.94. The molecule has 0 bridgehead atoms. The highest BCUT2D eigenvalue weighted by Crippen LogP contribution is 2.30. The van der Waals surface area contributed by atoms with Crippen molar-refractivity contribution < 1.29 is 23.1 Å². The number of carbonyl (C=O) groups is 2. The van der Waals surface area contributed by atoms with E-state index >= 15 is 0 Å². The number of pyridine rings is 1. The van der Waals surface area contributed by atoms with Crippen LogP contribution in [0.2, 0.25) is 0 Å². The molecule has 2 amide bonds. The number of hydrogen-bond acceptors (Lipinski definition) is 6. The monoisotopic (exact) mass is 582 g/mol. The Bertz CT molecular complexity index is 1820. The highest BCUT2D eigenvalue weighted by molar-refractivity contribution is 5.96. The Balaban J connectivity index is 1.14. The number of benzene rings is 3. The fourth-order valence-electron chi connectivity index (χ4n) is 4.85. The summed E-state index contributed by atoms with van der Waals surface area (Å²) < 4.78 is 33.9. The van der Waals surface area contributed by atoms with E-state index < -0.39 is 12.1 Å². The first-order chi connectivity index (χ1) is 20.8. The van der Waals surface area contributed by atoms with Crippen LogP contribution < -0.4 is 15.4 Å². The predicted octanol–water partition coefficient (Wildman–Crippen LogP) is 5.82. The first kappa shape index (κ1) is 27.8. The molecule has 11 heteroatoms. The Morgan fingerprint density at radius 2 is 1.77 bits per heavy atom. The van der Waals surface area contributed by atoms with Crippen molar-refractivity contribution in [2.45, 2.75) is 19.0 Å². The Labute approximate surface area is 246 Å². The van der Waals surface area contributed by atoms with E-state index in [4.69, 9.17) is 4.74 Å². The van der Waals surface area contributed by atoms with E-state index in [2.05, 4.69) is 20.7 Å². The van der Waals surface area contributed by atoms with E-state index in [-0.39, 0.29) is 30.7 Å². The second kappa shape index (κ2) is 11.5. The molecule has 218 valence electrons. The smallest absolute Gasteiger partial charge is 0.254 e. The van der Waals surface area contributed by atoms with E-state index in [0.29, 0.717) is 39.8 Å². The zero-order valence-corrected chi connectivity index (χ0v) is 23.4. The number of nitrogens with one attached hydrogen (secondary N) is 2. The van der Waals surface area contributed by atoms with Gasteiger partial charge in [-0.05, 0) is 72.6 Å². The summed E-state index contributed by atoms with van der Waals surface area (Å²) in [4.78, 5) is 31.2. The molecule has 0 aliphatic carbocycles. The molecule has 0 saturated carbocycles. The first-order valence-corrected chi connectivity index (χ1v) is 13.7. The lowest BCUT2D eigenvalue weighted by atomic mass is 10.00. The number of ether oxygens (including phenoxy) is 1. The summed E-state index contributed by atoms with van der Waals surface area (Å²) in [6.07, 6.45) is 0.876. The summed E-state index contributed by atoms with van der Waals surface area (Å²) in [6, 6.07) is 22.2. The van der Waals surface area contributed by atoms with Crippen molar-refractivity contribution in [1.82, 2.24) is 19.5 Å². The number of halogens is 2. The molecule has 5 aromatic rings. The number of fused-ring (bicyclic) bond motifs is 1. The van der Waals surface area contributed by atoms with Crippen LogP contribution in [-0.4, -0.2) is 57.7 Å². The molecule has 1 fully saturated rings. The summed E-state index contributed by atoms with van der Waals surface area (Å²) in [5.41, 5.74) is 4.63. The molecule has 1 aliphatic rings. The Morgan fingerprint density at radius 3 is 2.49 bits per heavy atom. The molecule has 2 N–H and O–H groups in total. The molecular formula is C32H28F2N6O3. The zero-order valence-electron chi connectivity index (χ0n) is 23.4. The van der Waals surface area contributed by atoms with Crippen LogP contribution in [0, 0.1) is 5.82 Å². The van der Waals surface area contributed by atoms with Gasteiger partial charge >= 0.3 is 0 Å². The van der Waals surface area contributed by atoms with Gasteiger partial charge in [-0.15, -0.1) is 5.10 Å². The highest BCUT2D eigenvalue weighted by atomic mass is 19.1. The Kier molecular flexibility index (Phi) is 7.45. The molecule has 1 atom stereocenters. The van der Waals surface area contributed by atoms with Crippen molar-refractivity contribution >= 4 is 34.8 Å². The lowest BCUT2D eigenvalue weighted by Crippen LogP contribution is -2.51. The second-order valence-corrected chi connectivity index (χ2v) is 10.3. The molecule has 3 aromatic carbocycles. The van der Waals surface area contributed by atoms with E-state index in [1.165, 1.54) is 24.1 Å². The number of aromatic nitrogens is 3. The third kappa shape index (κ3) is 5.87. The van der Waals surface area contributed by atoms with Gasteiger partial charge in [-0.25, -0.2) is 13.3 Å². The SMILES string of the molecule is COc1cc(C(=O)N2CC(F)C2)ccc1Nc1nc2ccc(-c3ccc(NC(=O)[C@H](C)c4cccc(F)c4)cc3)cn2n1. The van der Waals surface area contributed by atoms with Gasteiger partial charge in [0.2, 0.25) is 11.9 Å². The van der Waals surface area contributed by atoms with Gasteiger partial charge in [0.1, 0.15) is 17.7 Å². The van der Waals surface area contributed by atoms with Crippen LogP contribution in [0.3, 0.4) is 0 Å². The van der Waals surface area contributed by atoms with Gasteiger partial charge in [0.15, 0.2) is 5.65 Å². The molecule has 6 rings (SSSR count). The van der Waals surface area contributed by atoms with Crippen molar-refractivity contribution in [2.24, 2.45) is 0 Å². The molecule has 0 radical (unpaired) electrons. The minimum Gasteiger partial charge on any atom is -0.495 e. The second-order valence-electron chi connectivity index (χ2n) is 10.3. The summed E-state index contributed by atoms with van der Waals surface area (Å²) >= 11 is 0. The quantitative estimate of drug-likeness (QED) is 0.239. The zero-order chi connectivity index (χ0) is 30.1. The van der Waals surface area contributed by atoms with E-state index in [9.17, 15) is 18.4 Å². The number of amides is 2. The van der Waals surface area contributed by atoms with E-state index in [0.717, 1.165) is 11.1 Å². The molecule has 3 heterocycles. The molecule has 9 nitrogen and oxygen atoms in total. The topological polar surface area (TPSA) is 101 Å². The highest BCUT2D eigenvalue weighted by Gasteiger charge is 2.31. The summed E-state index contributed by atoms with van der Waals surface area (Å²) in [5, 5.41) is 10.6. The minimum absolute atomic E-state index is 0.103. The number of alkyl halides is 1. The average Bonchev–Trinajstić information content (AvgIpc) is 3.41. The minimum atomic E-state index is -0.969. The van der Waals surface area contributed by atoms with Crippen LogP contribution in [0.5, 0.6) is 5.75 Å². The van der Waals surface area contributed by atoms with Gasteiger partial charge < -0.3 is 20.3 Å². The standard InChI is InChI=1S/C32H28F2N6O3/c1-19(21-4-3-5-24(33)14-21)30(41)35-26-10-6-20(7-11-26)23-9-13-29-37-32(38-40(29)16-23)36-27-12-8-22(15-28(27)43-2)31(42)39-17-25(34)18-39/h3-16,19,25H,17-18H2,1-2H3,(H,35,41)(H,36,38)/t19-/m1/s1. The maximum Gasteiger partial charge on any atom is 0.254 e. The van der Waals surface area contributed by atoms with Gasteiger partial charge in [-0.3, -0.25) is 9.59 Å². The molecule has 2 aromatic heterocycles. The van der Waals surface area contributed by atoms with Gasteiger partial charge in [0, 0.05) is 23.0 Å². The molecule has 0 unspecified atom stereocenters. The first-order valence-electron chi connectivity index (χ1n) is 13.7. The van der Waals surface area contributed by atoms with Crippen LogP contribution in [0.4, 0.5) is 26.1 Å². The fraction of sp³-hybridized carbons (Fsp3) is 0.188. The Morgan fingerprint density at radius 1 is 1.00 bits per heavy atom. The number of hydrogen-bond donors (Lipinski definition) is 2. The third-order valence-corrected chi connectivity index (χ3v) is 7.38. The van der Waals surface area contributed by atoms with Gasteiger partial charge in [0.05, 0.1) is 31.8 Å². The number of likely N-dealkylation sites (tertiary alicyclic amines) is 1. The number of carbonyl (C=O) groups excluding carboxylic acids is 2. The molecule has 0 spiro atoms. The summed E-state index contributed by atoms with van der Waals surface area (Å²) in [7, 11) is 1.50. The third-order valence-electron chi connectivity index (χ3n) is 7.38. The summed E-state index contributed by atoms with van der Waals surface area (Å²) in [5.74, 6) is -0.595. The van der Waals surface area contributed by atoms with Crippen LogP contribution in [0.1, 0.15) is 28.8 Å². The Hall–Kier alpha value is -5.32. The van der Waals surface area contributed by atoms with E-state index in [1.807, 2.05) is 42.6 Å². The fourth-order valence-corrected chi connectivity index (χ4v) is 4.85. The van der Waals surface area contributed by atoms with Crippen molar-refractivity contribution in [2.75, 3.05) is 30.8 Å². The number of anilines is 3. The lowest BCUT2D eigenvalue weighted by molar-refractivity contribution is -0.117. The van der Waals surface area contributed by atoms with Crippen molar-refractivity contribution in [3.63, 3.8) is 0 Å². The number of nitrogens with zero attached hydrogens (tertiary/aromatic N) is 4. The average molecular weight is 583 g/mol. The number of rotatable bonds is 8. The molecule has 1 aliphatic heterocycles. The van der Waals surface area contributed by atoms with Crippen LogP contribution in [-0.2, 0) is 4.79 Å². The van der Waals surface area contributed by atoms with Crippen molar-refractivity contribution in [3.8, 4) is 16.9 Å². The van der Waals surface area contributed by atoms with Crippen LogP contribution >= 0.6 is 0 Å².